The molecule has 0 fully saturated rings. The number of aromatic amines is 1. The van der Waals surface area contributed by atoms with Gasteiger partial charge in [0, 0.05) is 13.0 Å². The van der Waals surface area contributed by atoms with Gasteiger partial charge >= 0.3 is 0 Å². The molecule has 5 N–H and O–H groups in total. The largest absolute Gasteiger partial charge is 0.509 e. The van der Waals surface area contributed by atoms with Crippen LogP contribution in [-0.2, 0) is 11.3 Å². The average molecular weight is 295 g/mol. The second-order valence-corrected chi connectivity index (χ2v) is 4.27. The number of nitrogen functional groups attached to an aromatic ring is 1. The maximum Gasteiger partial charge on any atom is 0.280 e. The van der Waals surface area contributed by atoms with E-state index in [0.29, 0.717) is 18.8 Å². The molecular weight excluding hydrogens is 278 g/mol. The summed E-state index contributed by atoms with van der Waals surface area (Å²) < 4.78 is 6.71. The molecule has 0 radical (unpaired) electrons. The van der Waals surface area contributed by atoms with Gasteiger partial charge in [0.1, 0.15) is 12.4 Å². The van der Waals surface area contributed by atoms with Crippen LogP contribution in [0, 0.1) is 0 Å². The zero-order valence-corrected chi connectivity index (χ0v) is 11.5. The third-order valence-electron chi connectivity index (χ3n) is 2.87. The summed E-state index contributed by atoms with van der Waals surface area (Å²) in [6.07, 6.45) is 1.65. The molecule has 0 unspecified atom stereocenters. The fourth-order valence-electron chi connectivity index (χ4n) is 1.89. The van der Waals surface area contributed by atoms with E-state index in [-0.39, 0.29) is 36.0 Å². The Hall–Kier alpha value is -2.55. The number of fused-ring (bicyclic) bond motifs is 1. The van der Waals surface area contributed by atoms with Crippen LogP contribution in [0.3, 0.4) is 0 Å². The highest BCUT2D eigenvalue weighted by molar-refractivity contribution is 5.70. The van der Waals surface area contributed by atoms with Gasteiger partial charge in [-0.1, -0.05) is 0 Å². The number of anilines is 1. The molecule has 2 rings (SSSR count). The van der Waals surface area contributed by atoms with E-state index in [2.05, 4.69) is 15.0 Å². The first kappa shape index (κ1) is 14.9. The van der Waals surface area contributed by atoms with Gasteiger partial charge in [-0.3, -0.25) is 9.78 Å². The molecule has 0 aliphatic carbocycles. The number of aliphatic hydroxyl groups excluding tert-OH is 2. The molecule has 0 saturated heterocycles. The standard InChI is InChI=1S/C12H17N5O4/c1-2-21-8(5-18)7(19)3-4-17-6-14-9-10(17)15-12(13)16-11(9)20/h6,18-19H,2-5H2,1H3,(H3,13,15,16,20)/b8-7+. The molecule has 2 aromatic heterocycles. The smallest absolute Gasteiger partial charge is 0.280 e. The molecule has 0 aromatic carbocycles. The topological polar surface area (TPSA) is 139 Å². The van der Waals surface area contributed by atoms with Crippen LogP contribution < -0.4 is 11.3 Å². The first-order valence-electron chi connectivity index (χ1n) is 6.42. The van der Waals surface area contributed by atoms with E-state index in [9.17, 15) is 9.90 Å². The normalized spacial score (nSPS) is 12.5. The van der Waals surface area contributed by atoms with Gasteiger partial charge in [0.15, 0.2) is 16.9 Å². The number of allylic oxidation sites excluding steroid dienone is 1. The molecule has 0 spiro atoms. The molecule has 21 heavy (non-hydrogen) atoms. The maximum atomic E-state index is 11.6. The Morgan fingerprint density at radius 1 is 1.57 bits per heavy atom. The lowest BCUT2D eigenvalue weighted by Gasteiger charge is -2.09. The second-order valence-electron chi connectivity index (χ2n) is 4.27. The van der Waals surface area contributed by atoms with E-state index >= 15 is 0 Å². The van der Waals surface area contributed by atoms with Crippen molar-refractivity contribution in [3.63, 3.8) is 0 Å². The predicted octanol–water partition coefficient (Wildman–Crippen LogP) is -0.110. The van der Waals surface area contributed by atoms with Gasteiger partial charge in [-0.25, -0.2) is 4.98 Å². The number of ether oxygens (including phenoxy) is 1. The minimum absolute atomic E-state index is 0.000576. The highest BCUT2D eigenvalue weighted by atomic mass is 16.5. The summed E-state index contributed by atoms with van der Waals surface area (Å²) in [5, 5.41) is 19.0. The fourth-order valence-corrected chi connectivity index (χ4v) is 1.89. The number of nitrogens with two attached hydrogens (primary N) is 1. The van der Waals surface area contributed by atoms with E-state index < -0.39 is 5.56 Å². The minimum atomic E-state index is -0.415. The molecule has 0 aliphatic rings. The lowest BCUT2D eigenvalue weighted by atomic mass is 10.3. The zero-order chi connectivity index (χ0) is 15.4. The van der Waals surface area contributed by atoms with Crippen molar-refractivity contribution in [2.75, 3.05) is 18.9 Å². The average Bonchev–Trinajstić information content (AvgIpc) is 2.85. The van der Waals surface area contributed by atoms with Crippen LogP contribution in [0.5, 0.6) is 0 Å². The first-order valence-corrected chi connectivity index (χ1v) is 6.42. The van der Waals surface area contributed by atoms with Crippen LogP contribution >= 0.6 is 0 Å². The molecule has 0 aliphatic heterocycles. The minimum Gasteiger partial charge on any atom is -0.509 e. The number of hydrogen-bond acceptors (Lipinski definition) is 7. The highest BCUT2D eigenvalue weighted by Crippen LogP contribution is 2.12. The van der Waals surface area contributed by atoms with E-state index in [1.165, 1.54) is 6.33 Å². The van der Waals surface area contributed by atoms with Crippen LogP contribution in [-0.4, -0.2) is 42.9 Å². The summed E-state index contributed by atoms with van der Waals surface area (Å²) >= 11 is 0. The summed E-state index contributed by atoms with van der Waals surface area (Å²) in [5.41, 5.74) is 5.60. The van der Waals surface area contributed by atoms with Crippen molar-refractivity contribution >= 4 is 17.1 Å². The Morgan fingerprint density at radius 3 is 3.00 bits per heavy atom. The Labute approximate surface area is 119 Å². The molecule has 9 nitrogen and oxygen atoms in total. The van der Waals surface area contributed by atoms with E-state index in [0.717, 1.165) is 0 Å². The van der Waals surface area contributed by atoms with Gasteiger partial charge < -0.3 is 25.3 Å². The lowest BCUT2D eigenvalue weighted by Crippen LogP contribution is -2.12. The number of nitrogens with zero attached hydrogens (tertiary/aromatic N) is 3. The number of H-pyrrole nitrogens is 1. The predicted molar refractivity (Wildman–Crippen MR) is 75.5 cm³/mol. The molecule has 0 atom stereocenters. The number of aryl methyl sites for hydroxylation is 1. The second kappa shape index (κ2) is 6.27. The van der Waals surface area contributed by atoms with Crippen molar-refractivity contribution in [1.82, 2.24) is 19.5 Å². The molecular formula is C12H17N5O4. The van der Waals surface area contributed by atoms with Crippen molar-refractivity contribution in [3.05, 3.63) is 28.2 Å². The Bertz CT molecular complexity index is 718. The molecule has 2 aromatic rings. The van der Waals surface area contributed by atoms with Gasteiger partial charge in [-0.2, -0.15) is 4.98 Å². The molecule has 114 valence electrons. The van der Waals surface area contributed by atoms with Crippen molar-refractivity contribution in [2.45, 2.75) is 19.9 Å². The quantitative estimate of drug-likeness (QED) is 0.545. The van der Waals surface area contributed by atoms with Gasteiger partial charge in [0.25, 0.3) is 5.56 Å². The van der Waals surface area contributed by atoms with Crippen molar-refractivity contribution < 1.29 is 14.9 Å². The summed E-state index contributed by atoms with van der Waals surface area (Å²) in [5.74, 6) is 0.0747. The maximum absolute atomic E-state index is 11.6. The summed E-state index contributed by atoms with van der Waals surface area (Å²) in [6, 6.07) is 0. The SMILES string of the molecule is CCO/C(CO)=C(/O)CCn1cnc2c(=O)[nH]c(N)nc21. The van der Waals surface area contributed by atoms with E-state index in [1.807, 2.05) is 0 Å². The van der Waals surface area contributed by atoms with Crippen LogP contribution in [0.15, 0.2) is 22.6 Å². The fraction of sp³-hybridized carbons (Fsp3) is 0.417. The van der Waals surface area contributed by atoms with Crippen molar-refractivity contribution in [1.29, 1.82) is 0 Å². The van der Waals surface area contributed by atoms with Crippen molar-refractivity contribution in [2.24, 2.45) is 0 Å². The van der Waals surface area contributed by atoms with Gasteiger partial charge in [-0.05, 0) is 6.92 Å². The van der Waals surface area contributed by atoms with E-state index in [1.54, 1.807) is 11.5 Å². The summed E-state index contributed by atoms with van der Waals surface area (Å²) in [6.45, 7) is 2.04. The third-order valence-corrected chi connectivity index (χ3v) is 2.87. The van der Waals surface area contributed by atoms with E-state index in [4.69, 9.17) is 15.6 Å². The van der Waals surface area contributed by atoms with Gasteiger partial charge in [-0.15, -0.1) is 0 Å². The molecule has 0 bridgehead atoms. The summed E-state index contributed by atoms with van der Waals surface area (Å²) in [4.78, 5) is 22.0. The summed E-state index contributed by atoms with van der Waals surface area (Å²) in [7, 11) is 0. The third kappa shape index (κ3) is 3.14. The molecule has 0 saturated carbocycles. The molecule has 2 heterocycles. The number of aliphatic hydroxyl groups is 2. The van der Waals surface area contributed by atoms with Crippen LogP contribution in [0.4, 0.5) is 5.95 Å². The van der Waals surface area contributed by atoms with Gasteiger partial charge in [0.2, 0.25) is 5.95 Å². The number of nitrogens with one attached hydrogen (secondary N) is 1. The van der Waals surface area contributed by atoms with Crippen molar-refractivity contribution in [3.8, 4) is 0 Å². The Morgan fingerprint density at radius 2 is 2.33 bits per heavy atom. The monoisotopic (exact) mass is 295 g/mol. The number of rotatable bonds is 6. The lowest BCUT2D eigenvalue weighted by molar-refractivity contribution is 0.149. The van der Waals surface area contributed by atoms with Crippen LogP contribution in [0.1, 0.15) is 13.3 Å². The van der Waals surface area contributed by atoms with Crippen LogP contribution in [0.25, 0.3) is 11.2 Å². The van der Waals surface area contributed by atoms with Gasteiger partial charge in [0.05, 0.1) is 12.9 Å². The Kier molecular flexibility index (Phi) is 4.43. The Balaban J connectivity index is 2.23. The van der Waals surface area contributed by atoms with Crippen LogP contribution in [0.2, 0.25) is 0 Å². The first-order chi connectivity index (χ1) is 10.1. The number of hydrogen-bond donors (Lipinski definition) is 4. The molecule has 0 amide bonds. The highest BCUT2D eigenvalue weighted by Gasteiger charge is 2.11. The zero-order valence-electron chi connectivity index (χ0n) is 11.5. The molecule has 9 heteroatoms. The number of aromatic nitrogens is 4. The number of imidazole rings is 1.